The van der Waals surface area contributed by atoms with Crippen LogP contribution in [-0.2, 0) is 4.79 Å². The van der Waals surface area contributed by atoms with Crippen molar-refractivity contribution in [1.82, 2.24) is 4.90 Å². The van der Waals surface area contributed by atoms with Gasteiger partial charge in [-0.1, -0.05) is 19.8 Å². The number of aliphatic carboxylic acids is 1. The van der Waals surface area contributed by atoms with Gasteiger partial charge < -0.3 is 10.0 Å². The highest BCUT2D eigenvalue weighted by Gasteiger charge is 2.44. The molecule has 0 radical (unpaired) electrons. The molecule has 21 heavy (non-hydrogen) atoms. The molecule has 0 unspecified atom stereocenters. The fourth-order valence-electron chi connectivity index (χ4n) is 4.99. The summed E-state index contributed by atoms with van der Waals surface area (Å²) in [5.41, 5.74) is 0.181. The summed E-state index contributed by atoms with van der Waals surface area (Å²) in [4.78, 5) is 14.3. The summed E-state index contributed by atoms with van der Waals surface area (Å²) in [6.07, 6.45) is 12.2. The van der Waals surface area contributed by atoms with E-state index >= 15 is 0 Å². The molecule has 0 aromatic heterocycles. The standard InChI is InChI=1S/C18H31NO2/c1-15-4-8-18(9-5-15,16(20)21)14-19-12-10-17(11-13-19)6-2-3-7-17/h15H,2-14H2,1H3,(H,20,21). The van der Waals surface area contributed by atoms with Crippen molar-refractivity contribution >= 4 is 5.97 Å². The molecule has 3 nitrogen and oxygen atoms in total. The van der Waals surface area contributed by atoms with E-state index in [4.69, 9.17) is 0 Å². The van der Waals surface area contributed by atoms with E-state index in [1.165, 1.54) is 38.5 Å². The van der Waals surface area contributed by atoms with E-state index in [-0.39, 0.29) is 0 Å². The van der Waals surface area contributed by atoms with Crippen LogP contribution in [0.4, 0.5) is 0 Å². The zero-order valence-electron chi connectivity index (χ0n) is 13.6. The molecule has 1 aliphatic heterocycles. The summed E-state index contributed by atoms with van der Waals surface area (Å²) in [6.45, 7) is 5.32. The maximum atomic E-state index is 11.9. The van der Waals surface area contributed by atoms with Crippen molar-refractivity contribution in [3.63, 3.8) is 0 Å². The van der Waals surface area contributed by atoms with E-state index in [0.717, 1.165) is 45.3 Å². The summed E-state index contributed by atoms with van der Waals surface area (Å²) in [5.74, 6) is 0.163. The number of hydrogen-bond donors (Lipinski definition) is 1. The predicted octanol–water partition coefficient (Wildman–Crippen LogP) is 3.92. The summed E-state index contributed by atoms with van der Waals surface area (Å²) in [7, 11) is 0. The maximum absolute atomic E-state index is 11.9. The number of carboxylic acid groups (broad SMARTS) is 1. The first-order valence-electron chi connectivity index (χ1n) is 9.00. The van der Waals surface area contributed by atoms with Gasteiger partial charge in [-0.3, -0.25) is 4.79 Å². The van der Waals surface area contributed by atoms with Crippen molar-refractivity contribution in [3.8, 4) is 0 Å². The van der Waals surface area contributed by atoms with Gasteiger partial charge in [0, 0.05) is 6.54 Å². The van der Waals surface area contributed by atoms with Gasteiger partial charge in [0.1, 0.15) is 0 Å². The van der Waals surface area contributed by atoms with E-state index < -0.39 is 11.4 Å². The van der Waals surface area contributed by atoms with Gasteiger partial charge in [-0.15, -0.1) is 0 Å². The van der Waals surface area contributed by atoms with Crippen LogP contribution >= 0.6 is 0 Å². The van der Waals surface area contributed by atoms with Crippen LogP contribution < -0.4 is 0 Å². The van der Waals surface area contributed by atoms with Crippen LogP contribution in [0.3, 0.4) is 0 Å². The second kappa shape index (κ2) is 5.91. The van der Waals surface area contributed by atoms with Crippen LogP contribution in [0.15, 0.2) is 0 Å². The minimum absolute atomic E-state index is 0.452. The normalized spacial score (nSPS) is 36.9. The molecule has 2 saturated carbocycles. The molecule has 3 fully saturated rings. The van der Waals surface area contributed by atoms with Crippen molar-refractivity contribution in [2.45, 2.75) is 71.1 Å². The minimum Gasteiger partial charge on any atom is -0.481 e. The molecular weight excluding hydrogens is 262 g/mol. The van der Waals surface area contributed by atoms with E-state index in [9.17, 15) is 9.90 Å². The highest BCUT2D eigenvalue weighted by molar-refractivity contribution is 5.75. The monoisotopic (exact) mass is 293 g/mol. The van der Waals surface area contributed by atoms with Crippen LogP contribution in [0.1, 0.15) is 71.1 Å². The number of carboxylic acids is 1. The molecule has 0 atom stereocenters. The Morgan fingerprint density at radius 2 is 1.62 bits per heavy atom. The lowest BCUT2D eigenvalue weighted by molar-refractivity contribution is -0.153. The zero-order valence-corrected chi connectivity index (χ0v) is 13.6. The Morgan fingerprint density at radius 3 is 2.14 bits per heavy atom. The van der Waals surface area contributed by atoms with Gasteiger partial charge in [0.05, 0.1) is 5.41 Å². The molecule has 1 heterocycles. The fourth-order valence-corrected chi connectivity index (χ4v) is 4.99. The van der Waals surface area contributed by atoms with Crippen molar-refractivity contribution in [2.75, 3.05) is 19.6 Å². The lowest BCUT2D eigenvalue weighted by Crippen LogP contribution is -2.49. The third-order valence-corrected chi connectivity index (χ3v) is 6.79. The zero-order chi connectivity index (χ0) is 14.9. The molecule has 0 aromatic carbocycles. The van der Waals surface area contributed by atoms with E-state index in [1.807, 2.05) is 0 Å². The highest BCUT2D eigenvalue weighted by Crippen LogP contribution is 2.47. The van der Waals surface area contributed by atoms with Crippen LogP contribution in [-0.4, -0.2) is 35.6 Å². The van der Waals surface area contributed by atoms with Crippen LogP contribution in [0.5, 0.6) is 0 Å². The Balaban J connectivity index is 1.58. The SMILES string of the molecule is CC1CCC(CN2CCC3(CCCC3)CC2)(C(=O)O)CC1. The topological polar surface area (TPSA) is 40.5 Å². The van der Waals surface area contributed by atoms with E-state index in [1.54, 1.807) is 0 Å². The Morgan fingerprint density at radius 1 is 1.05 bits per heavy atom. The number of rotatable bonds is 3. The molecule has 3 aliphatic rings. The number of nitrogens with zero attached hydrogens (tertiary/aromatic N) is 1. The first-order valence-corrected chi connectivity index (χ1v) is 9.00. The van der Waals surface area contributed by atoms with Gasteiger partial charge in [-0.05, 0) is 75.8 Å². The van der Waals surface area contributed by atoms with Gasteiger partial charge in [-0.25, -0.2) is 0 Å². The molecule has 3 rings (SSSR count). The molecule has 0 bridgehead atoms. The first kappa shape index (κ1) is 15.3. The number of hydrogen-bond acceptors (Lipinski definition) is 2. The first-order chi connectivity index (χ1) is 10.0. The lowest BCUT2D eigenvalue weighted by atomic mass is 9.69. The van der Waals surface area contributed by atoms with Gasteiger partial charge in [0.25, 0.3) is 0 Å². The van der Waals surface area contributed by atoms with Gasteiger partial charge in [-0.2, -0.15) is 0 Å². The second-order valence-corrected chi connectivity index (χ2v) is 8.25. The molecule has 0 amide bonds. The molecule has 1 spiro atoms. The predicted molar refractivity (Wildman–Crippen MR) is 84.3 cm³/mol. The number of piperidine rings is 1. The highest BCUT2D eigenvalue weighted by atomic mass is 16.4. The smallest absolute Gasteiger partial charge is 0.310 e. The third kappa shape index (κ3) is 3.13. The van der Waals surface area contributed by atoms with Crippen LogP contribution in [0.25, 0.3) is 0 Å². The number of carbonyl (C=O) groups is 1. The summed E-state index contributed by atoms with van der Waals surface area (Å²) >= 11 is 0. The third-order valence-electron chi connectivity index (χ3n) is 6.79. The Bertz CT molecular complexity index is 369. The van der Waals surface area contributed by atoms with E-state index in [2.05, 4.69) is 11.8 Å². The van der Waals surface area contributed by atoms with Crippen molar-refractivity contribution in [1.29, 1.82) is 0 Å². The molecule has 0 aromatic rings. The van der Waals surface area contributed by atoms with Crippen molar-refractivity contribution in [3.05, 3.63) is 0 Å². The largest absolute Gasteiger partial charge is 0.481 e. The van der Waals surface area contributed by atoms with Gasteiger partial charge in [0.2, 0.25) is 0 Å². The molecule has 3 heteroatoms. The van der Waals surface area contributed by atoms with Crippen molar-refractivity contribution < 1.29 is 9.90 Å². The molecule has 1 N–H and O–H groups in total. The average molecular weight is 293 g/mol. The van der Waals surface area contributed by atoms with Gasteiger partial charge >= 0.3 is 5.97 Å². The number of likely N-dealkylation sites (tertiary alicyclic amines) is 1. The Kier molecular flexibility index (Phi) is 4.31. The van der Waals surface area contributed by atoms with Gasteiger partial charge in [0.15, 0.2) is 0 Å². The molecule has 120 valence electrons. The lowest BCUT2D eigenvalue weighted by Gasteiger charge is -2.44. The average Bonchev–Trinajstić information content (AvgIpc) is 2.93. The van der Waals surface area contributed by atoms with Crippen molar-refractivity contribution in [2.24, 2.45) is 16.7 Å². The van der Waals surface area contributed by atoms with E-state index in [0.29, 0.717) is 11.3 Å². The molecule has 2 aliphatic carbocycles. The molecule has 1 saturated heterocycles. The maximum Gasteiger partial charge on any atom is 0.310 e. The fraction of sp³-hybridized carbons (Fsp3) is 0.944. The summed E-state index contributed by atoms with van der Waals surface area (Å²) < 4.78 is 0. The summed E-state index contributed by atoms with van der Waals surface area (Å²) in [6, 6.07) is 0. The molecular formula is C18H31NO2. The Labute approximate surface area is 129 Å². The summed E-state index contributed by atoms with van der Waals surface area (Å²) in [5, 5.41) is 9.78. The second-order valence-electron chi connectivity index (χ2n) is 8.25. The van der Waals surface area contributed by atoms with Crippen LogP contribution in [0.2, 0.25) is 0 Å². The quantitative estimate of drug-likeness (QED) is 0.857. The van der Waals surface area contributed by atoms with Crippen LogP contribution in [0, 0.1) is 16.7 Å². The Hall–Kier alpha value is -0.570. The minimum atomic E-state index is -0.546.